The van der Waals surface area contributed by atoms with E-state index in [0.717, 1.165) is 0 Å². The Morgan fingerprint density at radius 3 is 3.06 bits per heavy atom. The highest BCUT2D eigenvalue weighted by molar-refractivity contribution is 7.03. The van der Waals surface area contributed by atoms with Gasteiger partial charge in [-0.15, -0.1) is 10.2 Å². The molecule has 0 aromatic carbocycles. The highest BCUT2D eigenvalue weighted by Gasteiger charge is 2.17. The van der Waals surface area contributed by atoms with Crippen LogP contribution in [0.3, 0.4) is 0 Å². The minimum atomic E-state index is -0.535. The van der Waals surface area contributed by atoms with Crippen LogP contribution in [-0.4, -0.2) is 36.9 Å². The van der Waals surface area contributed by atoms with E-state index in [4.69, 9.17) is 4.74 Å². The lowest BCUT2D eigenvalue weighted by Crippen LogP contribution is -2.07. The molecular formula is C8H9N5O2S. The lowest BCUT2D eigenvalue weighted by molar-refractivity contribution is 0.0512. The fraction of sp³-hybridized carbons (Fsp3) is 0.375. The van der Waals surface area contributed by atoms with Gasteiger partial charge in [-0.05, 0) is 18.5 Å². The minimum Gasteiger partial charge on any atom is -0.460 e. The largest absolute Gasteiger partial charge is 0.460 e. The first-order valence-electron chi connectivity index (χ1n) is 4.58. The lowest BCUT2D eigenvalue weighted by atomic mass is 10.5. The maximum Gasteiger partial charge on any atom is 0.378 e. The maximum atomic E-state index is 11.4. The molecule has 8 heteroatoms. The molecule has 0 saturated heterocycles. The molecule has 0 N–H and O–H groups in total. The molecule has 0 aliphatic rings. The maximum absolute atomic E-state index is 11.4. The van der Waals surface area contributed by atoms with E-state index in [2.05, 4.69) is 19.7 Å². The first-order chi connectivity index (χ1) is 7.72. The number of rotatable bonds is 3. The minimum absolute atomic E-state index is 0.0346. The Morgan fingerprint density at radius 1 is 1.62 bits per heavy atom. The highest BCUT2D eigenvalue weighted by atomic mass is 32.1. The van der Waals surface area contributed by atoms with Crippen LogP contribution in [0.2, 0.25) is 0 Å². The van der Waals surface area contributed by atoms with E-state index >= 15 is 0 Å². The van der Waals surface area contributed by atoms with Crippen molar-refractivity contribution in [1.29, 1.82) is 0 Å². The van der Waals surface area contributed by atoms with Gasteiger partial charge in [0.2, 0.25) is 0 Å². The second-order valence-electron chi connectivity index (χ2n) is 2.89. The van der Waals surface area contributed by atoms with E-state index in [0.29, 0.717) is 18.1 Å². The average molecular weight is 239 g/mol. The van der Waals surface area contributed by atoms with Gasteiger partial charge in [-0.1, -0.05) is 4.49 Å². The third-order valence-electron chi connectivity index (χ3n) is 1.81. The summed E-state index contributed by atoms with van der Waals surface area (Å²) in [6.07, 6.45) is 0. The standard InChI is InChI=1S/C8H9N5O2S/c1-3-15-8(14)6-9-7(13(2)11-6)5-4-16-12-10-5/h4H,3H2,1-2H3. The molecule has 0 fully saturated rings. The Kier molecular flexibility index (Phi) is 2.91. The van der Waals surface area contributed by atoms with Crippen LogP contribution >= 0.6 is 11.5 Å². The first kappa shape index (κ1) is 10.7. The van der Waals surface area contributed by atoms with Crippen LogP contribution in [0.1, 0.15) is 17.5 Å². The SMILES string of the molecule is CCOC(=O)c1nc(-c2csnn2)n(C)n1. The van der Waals surface area contributed by atoms with Crippen LogP contribution < -0.4 is 0 Å². The van der Waals surface area contributed by atoms with Gasteiger partial charge in [0.25, 0.3) is 5.82 Å². The second kappa shape index (κ2) is 4.35. The molecule has 0 aliphatic heterocycles. The van der Waals surface area contributed by atoms with Gasteiger partial charge in [0, 0.05) is 12.4 Å². The second-order valence-corrected chi connectivity index (χ2v) is 3.50. The molecule has 2 aromatic rings. The molecule has 2 rings (SSSR count). The average Bonchev–Trinajstić information content (AvgIpc) is 2.86. The number of carbonyl (C=O) groups is 1. The Labute approximate surface area is 95.2 Å². The van der Waals surface area contributed by atoms with Gasteiger partial charge in [0.1, 0.15) is 5.69 Å². The quantitative estimate of drug-likeness (QED) is 0.726. The van der Waals surface area contributed by atoms with Crippen LogP contribution in [-0.2, 0) is 11.8 Å². The summed E-state index contributed by atoms with van der Waals surface area (Å²) in [5.41, 5.74) is 0.593. The number of carbonyl (C=O) groups excluding carboxylic acids is 1. The van der Waals surface area contributed by atoms with Crippen molar-refractivity contribution < 1.29 is 9.53 Å². The zero-order valence-corrected chi connectivity index (χ0v) is 9.56. The van der Waals surface area contributed by atoms with Crippen LogP contribution in [0, 0.1) is 0 Å². The van der Waals surface area contributed by atoms with Crippen molar-refractivity contribution in [3.63, 3.8) is 0 Å². The van der Waals surface area contributed by atoms with E-state index in [1.165, 1.54) is 16.2 Å². The fourth-order valence-corrected chi connectivity index (χ4v) is 1.59. The molecule has 2 aromatic heterocycles. The smallest absolute Gasteiger partial charge is 0.378 e. The molecule has 0 amide bonds. The molecule has 0 saturated carbocycles. The van der Waals surface area contributed by atoms with Gasteiger partial charge >= 0.3 is 5.97 Å². The summed E-state index contributed by atoms with van der Waals surface area (Å²) in [5, 5.41) is 9.55. The summed E-state index contributed by atoms with van der Waals surface area (Å²) >= 11 is 1.21. The molecule has 2 heterocycles. The molecule has 0 bridgehead atoms. The van der Waals surface area contributed by atoms with E-state index in [9.17, 15) is 4.79 Å². The monoisotopic (exact) mass is 239 g/mol. The van der Waals surface area contributed by atoms with E-state index in [1.54, 1.807) is 19.4 Å². The normalized spacial score (nSPS) is 10.4. The molecule has 7 nitrogen and oxygen atoms in total. The fourth-order valence-electron chi connectivity index (χ4n) is 1.15. The van der Waals surface area contributed by atoms with Crippen molar-refractivity contribution in [2.75, 3.05) is 6.61 Å². The predicted octanol–water partition coefficient (Wildman–Crippen LogP) is 0.510. The Hall–Kier alpha value is -1.83. The topological polar surface area (TPSA) is 82.8 Å². The van der Waals surface area contributed by atoms with Crippen LogP contribution in [0.5, 0.6) is 0 Å². The molecule has 0 spiro atoms. The van der Waals surface area contributed by atoms with E-state index in [1.807, 2.05) is 0 Å². The van der Waals surface area contributed by atoms with Gasteiger partial charge in [0.05, 0.1) is 6.61 Å². The number of hydrogen-bond donors (Lipinski definition) is 0. The molecule has 0 radical (unpaired) electrons. The van der Waals surface area contributed by atoms with E-state index < -0.39 is 5.97 Å². The van der Waals surface area contributed by atoms with Crippen molar-refractivity contribution in [3.8, 4) is 11.5 Å². The highest BCUT2D eigenvalue weighted by Crippen LogP contribution is 2.14. The molecule has 0 atom stereocenters. The number of ether oxygens (including phenoxy) is 1. The van der Waals surface area contributed by atoms with Gasteiger partial charge in [-0.25, -0.2) is 9.48 Å². The summed E-state index contributed by atoms with van der Waals surface area (Å²) < 4.78 is 10.0. The van der Waals surface area contributed by atoms with Crippen LogP contribution in [0.15, 0.2) is 5.38 Å². The number of hydrogen-bond acceptors (Lipinski definition) is 7. The Balaban J connectivity index is 2.32. The van der Waals surface area contributed by atoms with Crippen molar-refractivity contribution in [3.05, 3.63) is 11.2 Å². The van der Waals surface area contributed by atoms with Gasteiger partial charge in [-0.2, -0.15) is 4.98 Å². The summed E-state index contributed by atoms with van der Waals surface area (Å²) in [6.45, 7) is 2.02. The van der Waals surface area contributed by atoms with Gasteiger partial charge in [0.15, 0.2) is 5.82 Å². The third-order valence-corrected chi connectivity index (χ3v) is 2.31. The van der Waals surface area contributed by atoms with Crippen molar-refractivity contribution in [2.45, 2.75) is 6.92 Å². The van der Waals surface area contributed by atoms with Crippen molar-refractivity contribution >= 4 is 17.5 Å². The van der Waals surface area contributed by atoms with Crippen LogP contribution in [0.25, 0.3) is 11.5 Å². The number of esters is 1. The Morgan fingerprint density at radius 2 is 2.44 bits per heavy atom. The summed E-state index contributed by atoms with van der Waals surface area (Å²) in [5.74, 6) is -0.00306. The summed E-state index contributed by atoms with van der Waals surface area (Å²) in [6, 6.07) is 0. The van der Waals surface area contributed by atoms with E-state index in [-0.39, 0.29) is 5.82 Å². The van der Waals surface area contributed by atoms with Crippen LogP contribution in [0.4, 0.5) is 0 Å². The number of nitrogens with zero attached hydrogens (tertiary/aromatic N) is 5. The first-order valence-corrected chi connectivity index (χ1v) is 5.41. The summed E-state index contributed by atoms with van der Waals surface area (Å²) in [4.78, 5) is 15.4. The zero-order chi connectivity index (χ0) is 11.5. The van der Waals surface area contributed by atoms with Crippen molar-refractivity contribution in [2.24, 2.45) is 7.05 Å². The summed E-state index contributed by atoms with van der Waals surface area (Å²) in [7, 11) is 1.68. The predicted molar refractivity (Wildman–Crippen MR) is 55.9 cm³/mol. The molecule has 0 unspecified atom stereocenters. The molecule has 16 heavy (non-hydrogen) atoms. The molecule has 0 aliphatic carbocycles. The van der Waals surface area contributed by atoms with Gasteiger partial charge in [-0.3, -0.25) is 0 Å². The molecule has 84 valence electrons. The molecular weight excluding hydrogens is 230 g/mol. The van der Waals surface area contributed by atoms with Crippen molar-refractivity contribution in [1.82, 2.24) is 24.4 Å². The number of aromatic nitrogens is 5. The lowest BCUT2D eigenvalue weighted by Gasteiger charge is -1.94. The Bertz CT molecular complexity index is 493. The third kappa shape index (κ3) is 1.91. The van der Waals surface area contributed by atoms with Gasteiger partial charge < -0.3 is 4.74 Å². The number of aryl methyl sites for hydroxylation is 1. The zero-order valence-electron chi connectivity index (χ0n) is 8.75.